The van der Waals surface area contributed by atoms with E-state index in [0.717, 1.165) is 37.8 Å². The van der Waals surface area contributed by atoms with E-state index < -0.39 is 0 Å². The molecule has 8 heteroatoms. The van der Waals surface area contributed by atoms with Crippen LogP contribution in [0, 0.1) is 0 Å². The van der Waals surface area contributed by atoms with Gasteiger partial charge in [-0.15, -0.1) is 24.0 Å². The lowest BCUT2D eigenvalue weighted by Crippen LogP contribution is -2.51. The van der Waals surface area contributed by atoms with Gasteiger partial charge in [0.2, 0.25) is 0 Å². The van der Waals surface area contributed by atoms with E-state index in [0.29, 0.717) is 18.2 Å². The van der Waals surface area contributed by atoms with E-state index in [1.54, 1.807) is 19.0 Å². The Morgan fingerprint density at radius 3 is 2.72 bits per heavy atom. The molecule has 2 fully saturated rings. The predicted octanol–water partition coefficient (Wildman–Crippen LogP) is 1.92. The Hall–Kier alpha value is -1.39. The third-order valence-electron chi connectivity index (χ3n) is 5.33. The summed E-state index contributed by atoms with van der Waals surface area (Å²) in [6.07, 6.45) is 2.76. The number of hydrogen-bond donors (Lipinski definition) is 2. The maximum atomic E-state index is 12.0. The molecule has 2 atom stereocenters. The molecule has 0 radical (unpaired) electrons. The number of carbonyl (C=O) groups is 1. The number of nitrogens with zero attached hydrogens (tertiary/aromatic N) is 3. The quantitative estimate of drug-likeness (QED) is 0.345. The highest BCUT2D eigenvalue weighted by Crippen LogP contribution is 2.22. The van der Waals surface area contributed by atoms with E-state index in [-0.39, 0.29) is 36.0 Å². The molecule has 2 N–H and O–H groups in total. The van der Waals surface area contributed by atoms with Crippen molar-refractivity contribution in [2.45, 2.75) is 38.5 Å². The van der Waals surface area contributed by atoms with Crippen LogP contribution in [0.5, 0.6) is 0 Å². The van der Waals surface area contributed by atoms with Crippen LogP contribution in [0.2, 0.25) is 0 Å². The minimum atomic E-state index is 0. The summed E-state index contributed by atoms with van der Waals surface area (Å²) in [4.78, 5) is 20.8. The number of ether oxygens (including phenoxy) is 1. The highest BCUT2D eigenvalue weighted by Gasteiger charge is 2.32. The SMILES string of the molecule is CCNC(=NCc1ccc(C(=O)N(C)C)cc1)NCC1CN2CCCC2CO1.I. The number of guanidine groups is 1. The van der Waals surface area contributed by atoms with Crippen molar-refractivity contribution in [3.8, 4) is 0 Å². The van der Waals surface area contributed by atoms with Crippen LogP contribution in [-0.4, -0.2) is 80.7 Å². The molecule has 1 amide bonds. The van der Waals surface area contributed by atoms with Crippen LogP contribution in [0.3, 0.4) is 0 Å². The van der Waals surface area contributed by atoms with E-state index in [2.05, 4.69) is 27.4 Å². The van der Waals surface area contributed by atoms with E-state index >= 15 is 0 Å². The molecule has 2 saturated heterocycles. The van der Waals surface area contributed by atoms with Crippen LogP contribution in [0.15, 0.2) is 29.3 Å². The van der Waals surface area contributed by atoms with Gasteiger partial charge in [-0.3, -0.25) is 9.69 Å². The van der Waals surface area contributed by atoms with Gasteiger partial charge in [-0.2, -0.15) is 0 Å². The van der Waals surface area contributed by atoms with Gasteiger partial charge in [0.05, 0.1) is 19.3 Å². The van der Waals surface area contributed by atoms with Crippen LogP contribution < -0.4 is 10.6 Å². The molecular formula is C21H34IN5O2. The molecule has 0 aromatic heterocycles. The Labute approximate surface area is 191 Å². The number of morpholine rings is 1. The van der Waals surface area contributed by atoms with Crippen LogP contribution in [0.1, 0.15) is 35.7 Å². The Morgan fingerprint density at radius 2 is 2.03 bits per heavy atom. The summed E-state index contributed by atoms with van der Waals surface area (Å²) >= 11 is 0. The summed E-state index contributed by atoms with van der Waals surface area (Å²) in [6, 6.07) is 8.26. The standard InChI is InChI=1S/C21H33N5O2.HI/c1-4-22-21(24-13-19-14-26-11-5-6-18(26)15-28-19)23-12-16-7-9-17(10-8-16)20(27)25(2)3;/h7-10,18-19H,4-6,11-15H2,1-3H3,(H2,22,23,24);1H. The fourth-order valence-electron chi connectivity index (χ4n) is 3.74. The fourth-order valence-corrected chi connectivity index (χ4v) is 3.74. The molecule has 0 spiro atoms. The van der Waals surface area contributed by atoms with Gasteiger partial charge in [0, 0.05) is 45.3 Å². The lowest BCUT2D eigenvalue weighted by atomic mass is 10.1. The third-order valence-corrected chi connectivity index (χ3v) is 5.33. The number of nitrogens with one attached hydrogen (secondary N) is 2. The second-order valence-electron chi connectivity index (χ2n) is 7.72. The molecule has 7 nitrogen and oxygen atoms in total. The summed E-state index contributed by atoms with van der Waals surface area (Å²) in [5, 5.41) is 6.70. The van der Waals surface area contributed by atoms with Gasteiger partial charge in [0.1, 0.15) is 0 Å². The zero-order valence-electron chi connectivity index (χ0n) is 17.7. The molecular weight excluding hydrogens is 481 g/mol. The van der Waals surface area contributed by atoms with Crippen molar-refractivity contribution in [1.29, 1.82) is 0 Å². The van der Waals surface area contributed by atoms with E-state index in [9.17, 15) is 4.79 Å². The zero-order chi connectivity index (χ0) is 19.9. The van der Waals surface area contributed by atoms with Crippen molar-refractivity contribution in [1.82, 2.24) is 20.4 Å². The van der Waals surface area contributed by atoms with Crippen LogP contribution in [0.25, 0.3) is 0 Å². The number of amides is 1. The van der Waals surface area contributed by atoms with Crippen LogP contribution in [0.4, 0.5) is 0 Å². The summed E-state index contributed by atoms with van der Waals surface area (Å²) in [5.74, 6) is 0.806. The summed E-state index contributed by atoms with van der Waals surface area (Å²) in [5.41, 5.74) is 1.76. The Kier molecular flexibility index (Phi) is 9.64. The number of benzene rings is 1. The smallest absolute Gasteiger partial charge is 0.253 e. The molecule has 1 aromatic rings. The topological polar surface area (TPSA) is 69.2 Å². The second kappa shape index (κ2) is 11.7. The largest absolute Gasteiger partial charge is 0.373 e. The minimum Gasteiger partial charge on any atom is -0.373 e. The average Bonchev–Trinajstić information content (AvgIpc) is 3.17. The lowest BCUT2D eigenvalue weighted by molar-refractivity contribution is -0.0453. The average molecular weight is 515 g/mol. The van der Waals surface area contributed by atoms with Gasteiger partial charge in [-0.05, 0) is 44.0 Å². The van der Waals surface area contributed by atoms with Gasteiger partial charge in [0.15, 0.2) is 5.96 Å². The van der Waals surface area contributed by atoms with Crippen molar-refractivity contribution in [2.75, 3.05) is 46.9 Å². The fraction of sp³-hybridized carbons (Fsp3) is 0.619. The van der Waals surface area contributed by atoms with Gasteiger partial charge in [-0.1, -0.05) is 12.1 Å². The third kappa shape index (κ3) is 6.82. The van der Waals surface area contributed by atoms with E-state index in [1.165, 1.54) is 19.4 Å². The molecule has 0 bridgehead atoms. The summed E-state index contributed by atoms with van der Waals surface area (Å²) in [6.45, 7) is 7.23. The van der Waals surface area contributed by atoms with Gasteiger partial charge < -0.3 is 20.3 Å². The van der Waals surface area contributed by atoms with Crippen LogP contribution >= 0.6 is 24.0 Å². The first-order chi connectivity index (χ1) is 13.6. The number of fused-ring (bicyclic) bond motifs is 1. The normalized spacial score (nSPS) is 21.8. The molecule has 29 heavy (non-hydrogen) atoms. The number of hydrogen-bond acceptors (Lipinski definition) is 4. The van der Waals surface area contributed by atoms with Crippen molar-refractivity contribution < 1.29 is 9.53 Å². The number of rotatable bonds is 6. The minimum absolute atomic E-state index is 0. The Morgan fingerprint density at radius 1 is 1.28 bits per heavy atom. The van der Waals surface area contributed by atoms with Crippen LogP contribution in [-0.2, 0) is 11.3 Å². The maximum Gasteiger partial charge on any atom is 0.253 e. The van der Waals surface area contributed by atoms with Gasteiger partial charge >= 0.3 is 0 Å². The maximum absolute atomic E-state index is 12.0. The molecule has 2 unspecified atom stereocenters. The number of carbonyl (C=O) groups excluding carboxylic acids is 1. The second-order valence-corrected chi connectivity index (χ2v) is 7.72. The van der Waals surface area contributed by atoms with Crippen molar-refractivity contribution in [3.63, 3.8) is 0 Å². The molecule has 2 aliphatic heterocycles. The molecule has 2 aliphatic rings. The van der Waals surface area contributed by atoms with Crippen molar-refractivity contribution in [3.05, 3.63) is 35.4 Å². The monoisotopic (exact) mass is 515 g/mol. The highest BCUT2D eigenvalue weighted by atomic mass is 127. The molecule has 0 saturated carbocycles. The highest BCUT2D eigenvalue weighted by molar-refractivity contribution is 14.0. The summed E-state index contributed by atoms with van der Waals surface area (Å²) < 4.78 is 6.02. The molecule has 1 aromatic carbocycles. The predicted molar refractivity (Wildman–Crippen MR) is 127 cm³/mol. The molecule has 0 aliphatic carbocycles. The Balaban J connectivity index is 0.00000300. The number of halogens is 1. The molecule has 3 rings (SSSR count). The first-order valence-corrected chi connectivity index (χ1v) is 10.2. The van der Waals surface area contributed by atoms with Crippen molar-refractivity contribution >= 4 is 35.8 Å². The zero-order valence-corrected chi connectivity index (χ0v) is 20.0. The first kappa shape index (κ1) is 23.9. The Bertz CT molecular complexity index is 680. The lowest BCUT2D eigenvalue weighted by Gasteiger charge is -2.35. The van der Waals surface area contributed by atoms with Gasteiger partial charge in [-0.25, -0.2) is 4.99 Å². The van der Waals surface area contributed by atoms with Gasteiger partial charge in [0.25, 0.3) is 5.91 Å². The summed E-state index contributed by atoms with van der Waals surface area (Å²) in [7, 11) is 3.52. The van der Waals surface area contributed by atoms with E-state index in [4.69, 9.17) is 4.74 Å². The molecule has 2 heterocycles. The number of aliphatic imine (C=N–C) groups is 1. The first-order valence-electron chi connectivity index (χ1n) is 10.2. The van der Waals surface area contributed by atoms with Crippen molar-refractivity contribution in [2.24, 2.45) is 4.99 Å². The van der Waals surface area contributed by atoms with E-state index in [1.807, 2.05) is 24.3 Å². The molecule has 162 valence electrons.